The van der Waals surface area contributed by atoms with Crippen LogP contribution < -0.4 is 5.32 Å². The second-order valence-corrected chi connectivity index (χ2v) is 3.74. The number of carbonyl (C=O) groups excluding carboxylic acids is 1. The monoisotopic (exact) mass is 208 g/mol. The van der Waals surface area contributed by atoms with Crippen molar-refractivity contribution >= 4 is 5.91 Å². The molecule has 1 N–H and O–H groups in total. The minimum atomic E-state index is -0.320. The molecule has 1 fully saturated rings. The number of hydrogen-bond acceptors (Lipinski definition) is 2. The van der Waals surface area contributed by atoms with E-state index in [1.165, 1.54) is 24.3 Å². The van der Waals surface area contributed by atoms with Gasteiger partial charge in [0.1, 0.15) is 5.82 Å². The molecule has 2 rings (SSSR count). The third-order valence-corrected chi connectivity index (χ3v) is 2.72. The summed E-state index contributed by atoms with van der Waals surface area (Å²) in [6.07, 6.45) is 0. The van der Waals surface area contributed by atoms with Gasteiger partial charge in [0, 0.05) is 25.7 Å². The maximum Gasteiger partial charge on any atom is 0.253 e. The van der Waals surface area contributed by atoms with Crippen LogP contribution in [-0.2, 0) is 0 Å². The van der Waals surface area contributed by atoms with Crippen LogP contribution in [0.1, 0.15) is 10.4 Å². The Bertz CT molecular complexity index is 359. The molecule has 1 aromatic carbocycles. The molecule has 1 amide bonds. The molecule has 80 valence electrons. The van der Waals surface area contributed by atoms with Crippen LogP contribution >= 0.6 is 0 Å². The summed E-state index contributed by atoms with van der Waals surface area (Å²) in [6.45, 7) is 1.67. The van der Waals surface area contributed by atoms with Crippen molar-refractivity contribution in [1.82, 2.24) is 10.2 Å². The van der Waals surface area contributed by atoms with Crippen molar-refractivity contribution in [3.05, 3.63) is 35.6 Å². The van der Waals surface area contributed by atoms with Crippen LogP contribution in [0.5, 0.6) is 0 Å². The van der Waals surface area contributed by atoms with Crippen molar-refractivity contribution in [2.24, 2.45) is 0 Å². The van der Waals surface area contributed by atoms with Gasteiger partial charge in [0.25, 0.3) is 5.91 Å². The first-order valence-electron chi connectivity index (χ1n) is 4.92. The second-order valence-electron chi connectivity index (χ2n) is 3.74. The number of likely N-dealkylation sites (N-methyl/N-ethyl adjacent to an activating group) is 1. The summed E-state index contributed by atoms with van der Waals surface area (Å²) < 4.78 is 12.7. The molecule has 1 aliphatic rings. The molecule has 0 bridgehead atoms. The topological polar surface area (TPSA) is 32.3 Å². The fourth-order valence-electron chi connectivity index (χ4n) is 1.51. The van der Waals surface area contributed by atoms with E-state index in [4.69, 9.17) is 0 Å². The predicted octanol–water partition coefficient (Wildman–Crippen LogP) is 0.869. The van der Waals surface area contributed by atoms with Crippen LogP contribution in [0.25, 0.3) is 0 Å². The predicted molar refractivity (Wildman–Crippen MR) is 55.2 cm³/mol. The largest absolute Gasteiger partial charge is 0.336 e. The minimum Gasteiger partial charge on any atom is -0.336 e. The molecular formula is C11H13FN2O. The fraction of sp³-hybridized carbons (Fsp3) is 0.364. The summed E-state index contributed by atoms with van der Waals surface area (Å²) in [5, 5.41) is 3.10. The molecule has 0 saturated carbocycles. The van der Waals surface area contributed by atoms with Gasteiger partial charge in [0.05, 0.1) is 6.04 Å². The van der Waals surface area contributed by atoms with Crippen LogP contribution in [0.3, 0.4) is 0 Å². The zero-order valence-electron chi connectivity index (χ0n) is 8.53. The molecular weight excluding hydrogens is 195 g/mol. The van der Waals surface area contributed by atoms with Gasteiger partial charge in [-0.1, -0.05) is 0 Å². The third-order valence-electron chi connectivity index (χ3n) is 2.72. The van der Waals surface area contributed by atoms with E-state index in [-0.39, 0.29) is 17.8 Å². The van der Waals surface area contributed by atoms with Gasteiger partial charge in [-0.05, 0) is 24.3 Å². The molecule has 0 atom stereocenters. The van der Waals surface area contributed by atoms with Crippen molar-refractivity contribution in [3.8, 4) is 0 Å². The van der Waals surface area contributed by atoms with Crippen LogP contribution in [0, 0.1) is 5.82 Å². The van der Waals surface area contributed by atoms with Crippen molar-refractivity contribution < 1.29 is 9.18 Å². The fourth-order valence-corrected chi connectivity index (χ4v) is 1.51. The first kappa shape index (κ1) is 10.1. The maximum atomic E-state index is 12.7. The molecule has 1 heterocycles. The van der Waals surface area contributed by atoms with Gasteiger partial charge in [-0.15, -0.1) is 0 Å². The molecule has 1 aromatic rings. The highest BCUT2D eigenvalue weighted by Gasteiger charge is 2.25. The molecule has 0 aromatic heterocycles. The number of benzene rings is 1. The highest BCUT2D eigenvalue weighted by atomic mass is 19.1. The smallest absolute Gasteiger partial charge is 0.253 e. The Morgan fingerprint density at radius 2 is 2.00 bits per heavy atom. The summed E-state index contributed by atoms with van der Waals surface area (Å²) >= 11 is 0. The molecule has 3 nitrogen and oxygen atoms in total. The van der Waals surface area contributed by atoms with E-state index < -0.39 is 0 Å². The van der Waals surface area contributed by atoms with E-state index in [0.29, 0.717) is 5.56 Å². The van der Waals surface area contributed by atoms with Crippen LogP contribution in [0.4, 0.5) is 4.39 Å². The Hall–Kier alpha value is -1.42. The molecule has 4 heteroatoms. The van der Waals surface area contributed by atoms with E-state index in [2.05, 4.69) is 5.32 Å². The van der Waals surface area contributed by atoms with Crippen LogP contribution in [0.2, 0.25) is 0 Å². The van der Waals surface area contributed by atoms with Gasteiger partial charge in [-0.2, -0.15) is 0 Å². The average Bonchev–Trinajstić information content (AvgIpc) is 2.15. The molecule has 0 unspecified atom stereocenters. The Morgan fingerprint density at radius 1 is 1.40 bits per heavy atom. The normalized spacial score (nSPS) is 15.9. The van der Waals surface area contributed by atoms with Crippen molar-refractivity contribution in [3.63, 3.8) is 0 Å². The lowest BCUT2D eigenvalue weighted by atomic mass is 10.1. The van der Waals surface area contributed by atoms with Crippen molar-refractivity contribution in [2.45, 2.75) is 6.04 Å². The number of nitrogens with one attached hydrogen (secondary N) is 1. The molecule has 0 spiro atoms. The lowest BCUT2D eigenvalue weighted by Crippen LogP contribution is -2.57. The Balaban J connectivity index is 2.09. The quantitative estimate of drug-likeness (QED) is 0.782. The van der Waals surface area contributed by atoms with Crippen LogP contribution in [0.15, 0.2) is 24.3 Å². The lowest BCUT2D eigenvalue weighted by molar-refractivity contribution is 0.0681. The number of carbonyl (C=O) groups is 1. The van der Waals surface area contributed by atoms with Gasteiger partial charge in [-0.25, -0.2) is 4.39 Å². The number of nitrogens with zero attached hydrogens (tertiary/aromatic N) is 1. The summed E-state index contributed by atoms with van der Waals surface area (Å²) in [7, 11) is 1.77. The summed E-state index contributed by atoms with van der Waals surface area (Å²) in [6, 6.07) is 5.91. The average molecular weight is 208 g/mol. The zero-order chi connectivity index (χ0) is 10.8. The highest BCUT2D eigenvalue weighted by Crippen LogP contribution is 2.10. The number of hydrogen-bond donors (Lipinski definition) is 1. The summed E-state index contributed by atoms with van der Waals surface area (Å²) in [4.78, 5) is 13.6. The van der Waals surface area contributed by atoms with E-state index in [1.54, 1.807) is 11.9 Å². The molecule has 0 radical (unpaired) electrons. The lowest BCUT2D eigenvalue weighted by Gasteiger charge is -2.35. The van der Waals surface area contributed by atoms with Gasteiger partial charge in [-0.3, -0.25) is 4.79 Å². The van der Waals surface area contributed by atoms with Gasteiger partial charge in [0.2, 0.25) is 0 Å². The number of amides is 1. The third kappa shape index (κ3) is 1.99. The first-order chi connectivity index (χ1) is 7.18. The first-order valence-corrected chi connectivity index (χ1v) is 4.92. The van der Waals surface area contributed by atoms with E-state index >= 15 is 0 Å². The highest BCUT2D eigenvalue weighted by molar-refractivity contribution is 5.94. The van der Waals surface area contributed by atoms with Crippen LogP contribution in [-0.4, -0.2) is 37.0 Å². The minimum absolute atomic E-state index is 0.0542. The number of rotatable bonds is 2. The SMILES string of the molecule is CN(C(=O)c1ccc(F)cc1)C1CNC1. The van der Waals surface area contributed by atoms with Gasteiger partial charge in [0.15, 0.2) is 0 Å². The van der Waals surface area contributed by atoms with Crippen molar-refractivity contribution in [1.29, 1.82) is 0 Å². The number of halogens is 1. The zero-order valence-corrected chi connectivity index (χ0v) is 8.53. The Kier molecular flexibility index (Phi) is 2.68. The Labute approximate surface area is 87.9 Å². The van der Waals surface area contributed by atoms with E-state index in [1.807, 2.05) is 0 Å². The van der Waals surface area contributed by atoms with Crippen molar-refractivity contribution in [2.75, 3.05) is 20.1 Å². The van der Waals surface area contributed by atoms with E-state index in [9.17, 15) is 9.18 Å². The molecule has 1 aliphatic heterocycles. The van der Waals surface area contributed by atoms with Gasteiger partial charge >= 0.3 is 0 Å². The second kappa shape index (κ2) is 3.98. The summed E-state index contributed by atoms with van der Waals surface area (Å²) in [5.74, 6) is -0.374. The van der Waals surface area contributed by atoms with E-state index in [0.717, 1.165) is 13.1 Å². The maximum absolute atomic E-state index is 12.7. The van der Waals surface area contributed by atoms with Gasteiger partial charge < -0.3 is 10.2 Å². The standard InChI is InChI=1S/C11H13FN2O/c1-14(10-6-13-7-10)11(15)8-2-4-9(12)5-3-8/h2-5,10,13H,6-7H2,1H3. The molecule has 0 aliphatic carbocycles. The molecule has 1 saturated heterocycles. The Morgan fingerprint density at radius 3 is 2.47 bits per heavy atom. The molecule has 15 heavy (non-hydrogen) atoms. The summed E-state index contributed by atoms with van der Waals surface area (Å²) in [5.41, 5.74) is 0.533.